The van der Waals surface area contributed by atoms with Crippen LogP contribution in [0.3, 0.4) is 0 Å². The molecule has 0 aliphatic carbocycles. The monoisotopic (exact) mass is 280 g/mol. The Bertz CT molecular complexity index is 460. The largest absolute Gasteiger partial charge is 0.399 e. The number of unbranched alkanes of at least 4 members (excludes halogenated alkanes) is 1. The molecule has 0 aromatic heterocycles. The van der Waals surface area contributed by atoms with Gasteiger partial charge < -0.3 is 11.1 Å². The molecule has 0 saturated carbocycles. The Kier molecular flexibility index (Phi) is 6.49. The van der Waals surface area contributed by atoms with Gasteiger partial charge in [-0.05, 0) is 37.0 Å². The molecule has 0 radical (unpaired) electrons. The van der Waals surface area contributed by atoms with Crippen molar-refractivity contribution < 1.29 is 9.18 Å². The fraction of sp³-hybridized carbons (Fsp3) is 0.562. The molecule has 1 aromatic carbocycles. The van der Waals surface area contributed by atoms with E-state index in [1.807, 2.05) is 0 Å². The molecule has 0 heterocycles. The van der Waals surface area contributed by atoms with Gasteiger partial charge in [0.15, 0.2) is 0 Å². The van der Waals surface area contributed by atoms with Crippen LogP contribution in [0.5, 0.6) is 0 Å². The fourth-order valence-corrected chi connectivity index (χ4v) is 2.24. The van der Waals surface area contributed by atoms with E-state index in [1.165, 1.54) is 12.1 Å². The van der Waals surface area contributed by atoms with E-state index in [0.717, 1.165) is 25.7 Å². The smallest absolute Gasteiger partial charge is 0.254 e. The number of aryl methyl sites for hydroxylation is 1. The molecule has 0 fully saturated rings. The molecule has 1 aromatic rings. The highest BCUT2D eigenvalue weighted by Crippen LogP contribution is 2.17. The highest BCUT2D eigenvalue weighted by molar-refractivity contribution is 5.95. The van der Waals surface area contributed by atoms with Crippen molar-refractivity contribution in [2.75, 3.05) is 12.3 Å². The van der Waals surface area contributed by atoms with Crippen molar-refractivity contribution >= 4 is 11.6 Å². The summed E-state index contributed by atoms with van der Waals surface area (Å²) in [7, 11) is 0. The van der Waals surface area contributed by atoms with E-state index < -0.39 is 5.82 Å². The van der Waals surface area contributed by atoms with Gasteiger partial charge in [-0.2, -0.15) is 0 Å². The van der Waals surface area contributed by atoms with E-state index in [0.29, 0.717) is 23.7 Å². The number of amides is 1. The maximum Gasteiger partial charge on any atom is 0.254 e. The maximum absolute atomic E-state index is 13.9. The Hall–Kier alpha value is -1.58. The molecule has 1 amide bonds. The minimum Gasteiger partial charge on any atom is -0.399 e. The number of carbonyl (C=O) groups is 1. The third-order valence-corrected chi connectivity index (χ3v) is 3.62. The summed E-state index contributed by atoms with van der Waals surface area (Å²) in [5, 5.41) is 2.82. The first-order chi connectivity index (χ1) is 9.49. The first kappa shape index (κ1) is 16.5. The lowest BCUT2D eigenvalue weighted by Gasteiger charge is -2.16. The Balaban J connectivity index is 2.67. The van der Waals surface area contributed by atoms with Crippen molar-refractivity contribution in [3.8, 4) is 0 Å². The van der Waals surface area contributed by atoms with E-state index in [2.05, 4.69) is 19.2 Å². The molecule has 0 bridgehead atoms. The minimum absolute atomic E-state index is 0.0350. The van der Waals surface area contributed by atoms with Gasteiger partial charge in [-0.1, -0.05) is 33.1 Å². The summed E-state index contributed by atoms with van der Waals surface area (Å²) in [5.41, 5.74) is 6.51. The zero-order valence-electron chi connectivity index (χ0n) is 12.6. The van der Waals surface area contributed by atoms with Crippen molar-refractivity contribution in [3.63, 3.8) is 0 Å². The van der Waals surface area contributed by atoms with E-state index in [4.69, 9.17) is 5.73 Å². The van der Waals surface area contributed by atoms with Crippen molar-refractivity contribution in [2.45, 2.75) is 46.5 Å². The predicted molar refractivity (Wildman–Crippen MR) is 81.2 cm³/mol. The minimum atomic E-state index is -0.488. The van der Waals surface area contributed by atoms with Crippen LogP contribution in [0.2, 0.25) is 0 Å². The highest BCUT2D eigenvalue weighted by atomic mass is 19.1. The number of carbonyl (C=O) groups excluding carboxylic acids is 1. The SMILES string of the molecule is CCCCC(CC)CNC(=O)c1cc(N)cc(C)c1F. The van der Waals surface area contributed by atoms with Crippen molar-refractivity contribution in [3.05, 3.63) is 29.1 Å². The lowest BCUT2D eigenvalue weighted by Crippen LogP contribution is -2.30. The standard InChI is InChI=1S/C16H25FN2O/c1-4-6-7-12(5-2)10-19-16(20)14-9-13(18)8-11(3)15(14)17/h8-9,12H,4-7,10,18H2,1-3H3,(H,19,20). The lowest BCUT2D eigenvalue weighted by atomic mass is 9.99. The molecule has 0 aliphatic heterocycles. The number of nitrogens with one attached hydrogen (secondary N) is 1. The second-order valence-electron chi connectivity index (χ2n) is 5.33. The number of nitrogen functional groups attached to an aromatic ring is 1. The van der Waals surface area contributed by atoms with Crippen molar-refractivity contribution in [2.24, 2.45) is 5.92 Å². The predicted octanol–water partition coefficient (Wildman–Crippen LogP) is 3.66. The molecule has 20 heavy (non-hydrogen) atoms. The van der Waals surface area contributed by atoms with Crippen molar-refractivity contribution in [1.82, 2.24) is 5.32 Å². The number of anilines is 1. The van der Waals surface area contributed by atoms with Gasteiger partial charge in [-0.15, -0.1) is 0 Å². The van der Waals surface area contributed by atoms with Crippen LogP contribution in [-0.2, 0) is 0 Å². The topological polar surface area (TPSA) is 55.1 Å². The highest BCUT2D eigenvalue weighted by Gasteiger charge is 2.15. The molecule has 3 N–H and O–H groups in total. The van der Waals surface area contributed by atoms with Crippen LogP contribution in [0.1, 0.15) is 55.5 Å². The van der Waals surface area contributed by atoms with Crippen LogP contribution >= 0.6 is 0 Å². The molecule has 3 nitrogen and oxygen atoms in total. The van der Waals surface area contributed by atoms with E-state index in [1.54, 1.807) is 6.92 Å². The summed E-state index contributed by atoms with van der Waals surface area (Å²) in [5.74, 6) is -0.421. The van der Waals surface area contributed by atoms with E-state index in [-0.39, 0.29) is 11.5 Å². The van der Waals surface area contributed by atoms with Crippen LogP contribution in [-0.4, -0.2) is 12.5 Å². The van der Waals surface area contributed by atoms with Gasteiger partial charge in [0, 0.05) is 12.2 Å². The number of rotatable bonds is 7. The lowest BCUT2D eigenvalue weighted by molar-refractivity contribution is 0.0941. The molecule has 112 valence electrons. The molecular formula is C16H25FN2O. The van der Waals surface area contributed by atoms with E-state index >= 15 is 0 Å². The molecule has 4 heteroatoms. The molecule has 0 aliphatic rings. The fourth-order valence-electron chi connectivity index (χ4n) is 2.24. The average Bonchev–Trinajstić information content (AvgIpc) is 2.42. The summed E-state index contributed by atoms with van der Waals surface area (Å²) < 4.78 is 13.9. The quantitative estimate of drug-likeness (QED) is 0.749. The third-order valence-electron chi connectivity index (χ3n) is 3.62. The third kappa shape index (κ3) is 4.51. The van der Waals surface area contributed by atoms with Crippen molar-refractivity contribution in [1.29, 1.82) is 0 Å². The summed E-state index contributed by atoms with van der Waals surface area (Å²) in [6.45, 7) is 6.45. The van der Waals surface area contributed by atoms with Crippen LogP contribution in [0, 0.1) is 18.7 Å². The molecule has 0 saturated heterocycles. The molecule has 1 atom stereocenters. The summed E-state index contributed by atoms with van der Waals surface area (Å²) >= 11 is 0. The Morgan fingerprint density at radius 2 is 2.10 bits per heavy atom. The Labute approximate surface area is 120 Å². The van der Waals surface area contributed by atoms with Crippen LogP contribution in [0.4, 0.5) is 10.1 Å². The first-order valence-corrected chi connectivity index (χ1v) is 7.33. The van der Waals surface area contributed by atoms with Gasteiger partial charge in [0.05, 0.1) is 5.56 Å². The number of hydrogen-bond acceptors (Lipinski definition) is 2. The summed E-state index contributed by atoms with van der Waals surface area (Å²) in [6, 6.07) is 2.92. The zero-order chi connectivity index (χ0) is 15.1. The van der Waals surface area contributed by atoms with Gasteiger partial charge in [0.25, 0.3) is 5.91 Å². The maximum atomic E-state index is 13.9. The van der Waals surface area contributed by atoms with Crippen LogP contribution in [0.25, 0.3) is 0 Å². The normalized spacial score (nSPS) is 12.2. The molecule has 0 spiro atoms. The second kappa shape index (κ2) is 7.88. The number of hydrogen-bond donors (Lipinski definition) is 2. The summed E-state index contributed by atoms with van der Waals surface area (Å²) in [4.78, 5) is 12.1. The first-order valence-electron chi connectivity index (χ1n) is 7.33. The number of nitrogens with two attached hydrogens (primary N) is 1. The van der Waals surface area contributed by atoms with Crippen LogP contribution in [0.15, 0.2) is 12.1 Å². The van der Waals surface area contributed by atoms with Gasteiger partial charge in [0.2, 0.25) is 0 Å². The van der Waals surface area contributed by atoms with E-state index in [9.17, 15) is 9.18 Å². The average molecular weight is 280 g/mol. The molecular weight excluding hydrogens is 255 g/mol. The number of halogens is 1. The zero-order valence-corrected chi connectivity index (χ0v) is 12.6. The molecule has 1 unspecified atom stereocenters. The van der Waals surface area contributed by atoms with Gasteiger partial charge in [-0.3, -0.25) is 4.79 Å². The van der Waals surface area contributed by atoms with Gasteiger partial charge >= 0.3 is 0 Å². The summed E-state index contributed by atoms with van der Waals surface area (Å²) in [6.07, 6.45) is 4.40. The van der Waals surface area contributed by atoms with Gasteiger partial charge in [-0.25, -0.2) is 4.39 Å². The Morgan fingerprint density at radius 1 is 1.40 bits per heavy atom. The Morgan fingerprint density at radius 3 is 2.70 bits per heavy atom. The molecule has 1 rings (SSSR count). The second-order valence-corrected chi connectivity index (χ2v) is 5.33. The van der Waals surface area contributed by atoms with Gasteiger partial charge in [0.1, 0.15) is 5.82 Å². The number of benzene rings is 1. The van der Waals surface area contributed by atoms with Crippen LogP contribution < -0.4 is 11.1 Å².